The molecule has 0 spiro atoms. The van der Waals surface area contributed by atoms with E-state index in [2.05, 4.69) is 27.2 Å². The summed E-state index contributed by atoms with van der Waals surface area (Å²) >= 11 is 0. The van der Waals surface area contributed by atoms with Crippen molar-refractivity contribution in [3.05, 3.63) is 78.9 Å². The molecule has 0 saturated carbocycles. The second-order valence-corrected chi connectivity index (χ2v) is 5.22. The molecule has 0 unspecified atom stereocenters. The Labute approximate surface area is 144 Å². The third kappa shape index (κ3) is 3.98. The van der Waals surface area contributed by atoms with Crippen molar-refractivity contribution in [2.45, 2.75) is 0 Å². The van der Waals surface area contributed by atoms with Gasteiger partial charge in [0, 0.05) is 18.2 Å². The first kappa shape index (κ1) is 16.6. The number of rotatable bonds is 6. The Morgan fingerprint density at radius 2 is 1.68 bits per heavy atom. The molecule has 1 aromatic heterocycles. The molecule has 0 radical (unpaired) electrons. The van der Waals surface area contributed by atoms with Gasteiger partial charge in [-0.25, -0.2) is 13.8 Å². The van der Waals surface area contributed by atoms with Crippen LogP contribution in [0.5, 0.6) is 0 Å². The molecule has 0 bridgehead atoms. The minimum atomic E-state index is -0.714. The first-order valence-corrected chi connectivity index (χ1v) is 7.67. The molecule has 0 aliphatic heterocycles. The van der Waals surface area contributed by atoms with Crippen LogP contribution >= 0.6 is 0 Å². The Morgan fingerprint density at radius 3 is 2.36 bits per heavy atom. The second-order valence-electron chi connectivity index (χ2n) is 5.22. The maximum absolute atomic E-state index is 13.9. The standard InChI is InChI=1S/C19H16F2N4/c1-2-11-22-17-12-16(13-7-4-3-5-8-13)23-19(24-17)25-18-14(20)9-6-10-15(18)21/h2-10,12H,1,11H2,(H2,22,23,24,25). The molecule has 2 aromatic carbocycles. The van der Waals surface area contributed by atoms with Crippen molar-refractivity contribution in [3.8, 4) is 11.3 Å². The molecule has 4 nitrogen and oxygen atoms in total. The Hall–Kier alpha value is -3.28. The van der Waals surface area contributed by atoms with Gasteiger partial charge in [0.1, 0.15) is 23.1 Å². The summed E-state index contributed by atoms with van der Waals surface area (Å²) in [5, 5.41) is 5.69. The zero-order chi connectivity index (χ0) is 17.6. The highest BCUT2D eigenvalue weighted by atomic mass is 19.1. The van der Waals surface area contributed by atoms with E-state index in [4.69, 9.17) is 0 Å². The van der Waals surface area contributed by atoms with Gasteiger partial charge >= 0.3 is 0 Å². The molecule has 126 valence electrons. The van der Waals surface area contributed by atoms with Crippen LogP contribution in [0, 0.1) is 11.6 Å². The van der Waals surface area contributed by atoms with E-state index in [0.29, 0.717) is 18.1 Å². The van der Waals surface area contributed by atoms with Crippen LogP contribution in [0.4, 0.5) is 26.2 Å². The Morgan fingerprint density at radius 1 is 0.960 bits per heavy atom. The topological polar surface area (TPSA) is 49.8 Å². The third-order valence-corrected chi connectivity index (χ3v) is 3.42. The molecule has 0 fully saturated rings. The largest absolute Gasteiger partial charge is 0.366 e. The van der Waals surface area contributed by atoms with E-state index >= 15 is 0 Å². The van der Waals surface area contributed by atoms with E-state index in [1.54, 1.807) is 12.1 Å². The van der Waals surface area contributed by atoms with E-state index < -0.39 is 11.6 Å². The molecule has 25 heavy (non-hydrogen) atoms. The molecular weight excluding hydrogens is 322 g/mol. The number of halogens is 2. The van der Waals surface area contributed by atoms with Crippen LogP contribution in [0.2, 0.25) is 0 Å². The number of nitrogens with one attached hydrogen (secondary N) is 2. The molecule has 2 N–H and O–H groups in total. The third-order valence-electron chi connectivity index (χ3n) is 3.42. The Balaban J connectivity index is 2.01. The van der Waals surface area contributed by atoms with Crippen LogP contribution in [0.15, 0.2) is 67.3 Å². The van der Waals surface area contributed by atoms with Crippen molar-refractivity contribution < 1.29 is 8.78 Å². The van der Waals surface area contributed by atoms with Crippen LogP contribution in [0.1, 0.15) is 0 Å². The minimum Gasteiger partial charge on any atom is -0.366 e. The van der Waals surface area contributed by atoms with Crippen LogP contribution < -0.4 is 10.6 Å². The van der Waals surface area contributed by atoms with Crippen molar-refractivity contribution in [1.29, 1.82) is 0 Å². The van der Waals surface area contributed by atoms with Crippen molar-refractivity contribution in [2.24, 2.45) is 0 Å². The molecule has 0 saturated heterocycles. The molecule has 0 amide bonds. The fourth-order valence-electron chi connectivity index (χ4n) is 2.26. The van der Waals surface area contributed by atoms with Crippen molar-refractivity contribution >= 4 is 17.5 Å². The summed E-state index contributed by atoms with van der Waals surface area (Å²) < 4.78 is 27.8. The molecule has 0 atom stereocenters. The van der Waals surface area contributed by atoms with Gasteiger partial charge in [-0.1, -0.05) is 42.5 Å². The van der Waals surface area contributed by atoms with Gasteiger partial charge in [0.2, 0.25) is 5.95 Å². The van der Waals surface area contributed by atoms with Gasteiger partial charge in [0.15, 0.2) is 0 Å². The summed E-state index contributed by atoms with van der Waals surface area (Å²) in [6.45, 7) is 4.15. The normalized spacial score (nSPS) is 10.3. The molecule has 0 aliphatic rings. The van der Waals surface area contributed by atoms with Gasteiger partial charge in [-0.2, -0.15) is 4.98 Å². The highest BCUT2D eigenvalue weighted by Crippen LogP contribution is 2.25. The molecule has 1 heterocycles. The average molecular weight is 338 g/mol. The zero-order valence-electron chi connectivity index (χ0n) is 13.3. The van der Waals surface area contributed by atoms with E-state index in [-0.39, 0.29) is 11.6 Å². The molecule has 3 rings (SSSR count). The summed E-state index contributed by atoms with van der Waals surface area (Å²) in [6, 6.07) is 14.9. The lowest BCUT2D eigenvalue weighted by Gasteiger charge is -2.11. The van der Waals surface area contributed by atoms with Gasteiger partial charge in [0.25, 0.3) is 0 Å². The maximum Gasteiger partial charge on any atom is 0.229 e. The van der Waals surface area contributed by atoms with Gasteiger partial charge in [0.05, 0.1) is 5.69 Å². The SMILES string of the molecule is C=CCNc1cc(-c2ccccc2)nc(Nc2c(F)cccc2F)n1. The summed E-state index contributed by atoms with van der Waals surface area (Å²) in [7, 11) is 0. The molecule has 0 aliphatic carbocycles. The summed E-state index contributed by atoms with van der Waals surface area (Å²) in [6.07, 6.45) is 1.69. The smallest absolute Gasteiger partial charge is 0.229 e. The number of hydrogen-bond donors (Lipinski definition) is 2. The zero-order valence-corrected chi connectivity index (χ0v) is 13.3. The monoisotopic (exact) mass is 338 g/mol. The highest BCUT2D eigenvalue weighted by Gasteiger charge is 2.12. The maximum atomic E-state index is 13.9. The minimum absolute atomic E-state index is 0.0944. The molecule has 3 aromatic rings. The number of aromatic nitrogens is 2. The predicted molar refractivity (Wildman–Crippen MR) is 95.8 cm³/mol. The van der Waals surface area contributed by atoms with E-state index in [9.17, 15) is 8.78 Å². The summed E-state index contributed by atoms with van der Waals surface area (Å²) in [4.78, 5) is 8.63. The lowest BCUT2D eigenvalue weighted by atomic mass is 10.1. The van der Waals surface area contributed by atoms with Crippen LogP contribution in [-0.2, 0) is 0 Å². The van der Waals surface area contributed by atoms with Gasteiger partial charge in [-0.05, 0) is 12.1 Å². The van der Waals surface area contributed by atoms with E-state index in [1.165, 1.54) is 18.2 Å². The van der Waals surface area contributed by atoms with Crippen LogP contribution in [0.25, 0.3) is 11.3 Å². The number of para-hydroxylation sites is 1. The second kappa shape index (κ2) is 7.53. The van der Waals surface area contributed by atoms with E-state index in [0.717, 1.165) is 5.56 Å². The van der Waals surface area contributed by atoms with Gasteiger partial charge < -0.3 is 10.6 Å². The lowest BCUT2D eigenvalue weighted by molar-refractivity contribution is 0.590. The van der Waals surface area contributed by atoms with Gasteiger partial charge in [-0.15, -0.1) is 6.58 Å². The van der Waals surface area contributed by atoms with Gasteiger partial charge in [-0.3, -0.25) is 0 Å². The van der Waals surface area contributed by atoms with E-state index in [1.807, 2.05) is 30.3 Å². The van der Waals surface area contributed by atoms with Crippen molar-refractivity contribution in [2.75, 3.05) is 17.2 Å². The Bertz CT molecular complexity index is 862. The predicted octanol–water partition coefficient (Wildman–Crippen LogP) is 4.76. The number of hydrogen-bond acceptors (Lipinski definition) is 4. The summed E-state index contributed by atoms with van der Waals surface area (Å²) in [5.41, 5.74) is 1.20. The Kier molecular flexibility index (Phi) is 4.99. The number of anilines is 3. The average Bonchev–Trinajstić information content (AvgIpc) is 2.64. The molecule has 6 heteroatoms. The highest BCUT2D eigenvalue weighted by molar-refractivity contribution is 5.66. The van der Waals surface area contributed by atoms with Crippen LogP contribution in [-0.4, -0.2) is 16.5 Å². The van der Waals surface area contributed by atoms with Crippen LogP contribution in [0.3, 0.4) is 0 Å². The van der Waals surface area contributed by atoms with Crippen molar-refractivity contribution in [3.63, 3.8) is 0 Å². The fourth-order valence-corrected chi connectivity index (χ4v) is 2.26. The van der Waals surface area contributed by atoms with Crippen molar-refractivity contribution in [1.82, 2.24) is 9.97 Å². The summed E-state index contributed by atoms with van der Waals surface area (Å²) in [5.74, 6) is -0.812. The number of benzene rings is 2. The fraction of sp³-hybridized carbons (Fsp3) is 0.0526. The molecular formula is C19H16F2N4. The lowest BCUT2D eigenvalue weighted by Crippen LogP contribution is -2.06. The number of nitrogens with zero attached hydrogens (tertiary/aromatic N) is 2. The first-order chi connectivity index (χ1) is 12.2. The first-order valence-electron chi connectivity index (χ1n) is 7.67. The quantitative estimate of drug-likeness (QED) is 0.636.